The van der Waals surface area contributed by atoms with Gasteiger partial charge >= 0.3 is 6.03 Å². The summed E-state index contributed by atoms with van der Waals surface area (Å²) in [5.74, 6) is 0. The van der Waals surface area contributed by atoms with Crippen LogP contribution in [0.5, 0.6) is 0 Å². The maximum absolute atomic E-state index is 11.5. The molecule has 1 aliphatic rings. The Kier molecular flexibility index (Phi) is 3.10. The Bertz CT molecular complexity index is 547. The molecule has 1 aromatic heterocycles. The molecule has 2 heterocycles. The number of carbonyl (C=O) groups excluding carboxylic acids is 1. The summed E-state index contributed by atoms with van der Waals surface area (Å²) in [5, 5.41) is 6.13. The summed E-state index contributed by atoms with van der Waals surface area (Å²) in [4.78, 5) is 16.3. The molecule has 0 unspecified atom stereocenters. The monoisotopic (exact) mass is 256 g/mol. The summed E-state index contributed by atoms with van der Waals surface area (Å²) in [5.41, 5.74) is 3.19. The third kappa shape index (κ3) is 2.54. The molecule has 0 saturated carbocycles. The van der Waals surface area contributed by atoms with Crippen LogP contribution in [0.15, 0.2) is 42.7 Å². The molecule has 0 bridgehead atoms. The fraction of sp³-hybridized carbons (Fsp3) is 0.214. The van der Waals surface area contributed by atoms with Crippen molar-refractivity contribution in [3.8, 4) is 0 Å². The first-order chi connectivity index (χ1) is 9.33. The Morgan fingerprint density at radius 3 is 2.68 bits per heavy atom. The van der Waals surface area contributed by atoms with Crippen LogP contribution in [0.1, 0.15) is 5.56 Å². The minimum atomic E-state index is -0.0203. The fourth-order valence-corrected chi connectivity index (χ4v) is 2.15. The van der Waals surface area contributed by atoms with Crippen molar-refractivity contribution in [2.75, 3.05) is 23.3 Å². The SMILES string of the molecule is O=C1NCCN1c1ccc(NCc2cc[nH]c2)cc1. The molecule has 5 heteroatoms. The Morgan fingerprint density at radius 2 is 2.05 bits per heavy atom. The molecular weight excluding hydrogens is 240 g/mol. The van der Waals surface area contributed by atoms with Crippen molar-refractivity contribution in [1.29, 1.82) is 0 Å². The van der Waals surface area contributed by atoms with E-state index in [1.807, 2.05) is 42.7 Å². The summed E-state index contributed by atoms with van der Waals surface area (Å²) >= 11 is 0. The van der Waals surface area contributed by atoms with E-state index in [4.69, 9.17) is 0 Å². The molecule has 0 aliphatic carbocycles. The number of nitrogens with zero attached hydrogens (tertiary/aromatic N) is 1. The number of benzene rings is 1. The third-order valence-electron chi connectivity index (χ3n) is 3.19. The maximum atomic E-state index is 11.5. The van der Waals surface area contributed by atoms with Crippen LogP contribution in [0.25, 0.3) is 0 Å². The molecule has 0 spiro atoms. The van der Waals surface area contributed by atoms with Crippen LogP contribution < -0.4 is 15.5 Å². The first-order valence-electron chi connectivity index (χ1n) is 6.34. The first kappa shape index (κ1) is 11.6. The number of amides is 2. The highest BCUT2D eigenvalue weighted by Gasteiger charge is 2.20. The highest BCUT2D eigenvalue weighted by molar-refractivity contribution is 5.94. The van der Waals surface area contributed by atoms with E-state index in [-0.39, 0.29) is 6.03 Å². The average Bonchev–Trinajstić information content (AvgIpc) is 3.08. The molecule has 1 saturated heterocycles. The number of nitrogens with one attached hydrogen (secondary N) is 3. The molecule has 2 aromatic rings. The molecule has 1 aliphatic heterocycles. The van der Waals surface area contributed by atoms with Crippen molar-refractivity contribution in [3.63, 3.8) is 0 Å². The summed E-state index contributed by atoms with van der Waals surface area (Å²) in [6, 6.07) is 9.93. The number of rotatable bonds is 4. The standard InChI is InChI=1S/C14H16N4O/c19-14-16-7-8-18(14)13-3-1-12(2-4-13)17-10-11-5-6-15-9-11/h1-6,9,15,17H,7-8,10H2,(H,16,19). The van der Waals surface area contributed by atoms with Crippen molar-refractivity contribution in [1.82, 2.24) is 10.3 Å². The second-order valence-corrected chi connectivity index (χ2v) is 4.50. The summed E-state index contributed by atoms with van der Waals surface area (Å²) in [6.07, 6.45) is 3.88. The van der Waals surface area contributed by atoms with Crippen molar-refractivity contribution < 1.29 is 4.79 Å². The smallest absolute Gasteiger partial charge is 0.321 e. The molecule has 19 heavy (non-hydrogen) atoms. The normalized spacial score (nSPS) is 14.5. The molecule has 5 nitrogen and oxygen atoms in total. The van der Waals surface area contributed by atoms with Gasteiger partial charge in [-0.2, -0.15) is 0 Å². The van der Waals surface area contributed by atoms with Crippen molar-refractivity contribution in [2.24, 2.45) is 0 Å². The summed E-state index contributed by atoms with van der Waals surface area (Å²) in [6.45, 7) is 2.23. The number of urea groups is 1. The summed E-state index contributed by atoms with van der Waals surface area (Å²) in [7, 11) is 0. The number of hydrogen-bond donors (Lipinski definition) is 3. The predicted molar refractivity (Wildman–Crippen MR) is 75.3 cm³/mol. The molecule has 3 N–H and O–H groups in total. The highest BCUT2D eigenvalue weighted by Crippen LogP contribution is 2.19. The minimum absolute atomic E-state index is 0.0203. The zero-order valence-electron chi connectivity index (χ0n) is 10.5. The van der Waals surface area contributed by atoms with Gasteiger partial charge in [-0.3, -0.25) is 4.90 Å². The van der Waals surface area contributed by atoms with E-state index in [1.165, 1.54) is 5.56 Å². The van der Waals surface area contributed by atoms with Crippen molar-refractivity contribution >= 4 is 17.4 Å². The van der Waals surface area contributed by atoms with Crippen LogP contribution in [-0.4, -0.2) is 24.1 Å². The zero-order valence-corrected chi connectivity index (χ0v) is 10.5. The molecule has 3 rings (SSSR count). The predicted octanol–water partition coefficient (Wildman–Crippen LogP) is 2.16. The van der Waals surface area contributed by atoms with Gasteiger partial charge in [-0.25, -0.2) is 4.79 Å². The van der Waals surface area contributed by atoms with Crippen molar-refractivity contribution in [2.45, 2.75) is 6.54 Å². The highest BCUT2D eigenvalue weighted by atomic mass is 16.2. The van der Waals surface area contributed by atoms with Gasteiger partial charge in [0.05, 0.1) is 0 Å². The number of aromatic nitrogens is 1. The fourth-order valence-electron chi connectivity index (χ4n) is 2.15. The molecule has 2 amide bonds. The van der Waals surface area contributed by atoms with E-state index in [0.717, 1.165) is 24.5 Å². The Hall–Kier alpha value is -2.43. The molecular formula is C14H16N4O. The van der Waals surface area contributed by atoms with Gasteiger partial charge in [0.2, 0.25) is 0 Å². The minimum Gasteiger partial charge on any atom is -0.381 e. The molecule has 1 aromatic carbocycles. The lowest BCUT2D eigenvalue weighted by Gasteiger charge is -2.14. The number of carbonyl (C=O) groups is 1. The van der Waals surface area contributed by atoms with Crippen LogP contribution in [0.2, 0.25) is 0 Å². The lowest BCUT2D eigenvalue weighted by Crippen LogP contribution is -2.27. The first-order valence-corrected chi connectivity index (χ1v) is 6.34. The molecule has 0 radical (unpaired) electrons. The van der Waals surface area contributed by atoms with Crippen molar-refractivity contribution in [3.05, 3.63) is 48.3 Å². The second-order valence-electron chi connectivity index (χ2n) is 4.50. The van der Waals surface area contributed by atoms with Crippen LogP contribution in [-0.2, 0) is 6.54 Å². The number of aromatic amines is 1. The van der Waals surface area contributed by atoms with E-state index >= 15 is 0 Å². The topological polar surface area (TPSA) is 60.2 Å². The maximum Gasteiger partial charge on any atom is 0.321 e. The number of hydrogen-bond acceptors (Lipinski definition) is 2. The van der Waals surface area contributed by atoms with Gasteiger partial charge in [-0.1, -0.05) is 0 Å². The average molecular weight is 256 g/mol. The van der Waals surface area contributed by atoms with Gasteiger partial charge in [0.25, 0.3) is 0 Å². The quantitative estimate of drug-likeness (QED) is 0.785. The van der Waals surface area contributed by atoms with E-state index in [0.29, 0.717) is 6.54 Å². The Morgan fingerprint density at radius 1 is 1.21 bits per heavy atom. The van der Waals surface area contributed by atoms with Gasteiger partial charge in [-0.15, -0.1) is 0 Å². The Balaban J connectivity index is 1.64. The molecule has 0 atom stereocenters. The molecule has 98 valence electrons. The lowest BCUT2D eigenvalue weighted by atomic mass is 10.2. The van der Waals surface area contributed by atoms with Crippen LogP contribution in [0.4, 0.5) is 16.2 Å². The van der Waals surface area contributed by atoms with Gasteiger partial charge in [0.15, 0.2) is 0 Å². The van der Waals surface area contributed by atoms with E-state index in [1.54, 1.807) is 4.90 Å². The van der Waals surface area contributed by atoms with Gasteiger partial charge < -0.3 is 15.6 Å². The number of anilines is 2. The molecule has 1 fully saturated rings. The number of H-pyrrole nitrogens is 1. The van der Waals surface area contributed by atoms with E-state index in [2.05, 4.69) is 15.6 Å². The lowest BCUT2D eigenvalue weighted by molar-refractivity contribution is 0.252. The van der Waals surface area contributed by atoms with Gasteiger partial charge in [-0.05, 0) is 35.9 Å². The van der Waals surface area contributed by atoms with E-state index < -0.39 is 0 Å². The Labute approximate surface area is 111 Å². The van der Waals surface area contributed by atoms with Crippen LogP contribution >= 0.6 is 0 Å². The second kappa shape index (κ2) is 5.06. The summed E-state index contributed by atoms with van der Waals surface area (Å²) < 4.78 is 0. The van der Waals surface area contributed by atoms with E-state index in [9.17, 15) is 4.79 Å². The van der Waals surface area contributed by atoms with Gasteiger partial charge in [0.1, 0.15) is 0 Å². The van der Waals surface area contributed by atoms with Gasteiger partial charge in [0, 0.05) is 43.4 Å². The van der Waals surface area contributed by atoms with Crippen LogP contribution in [0, 0.1) is 0 Å². The largest absolute Gasteiger partial charge is 0.381 e. The zero-order chi connectivity index (χ0) is 13.1. The third-order valence-corrected chi connectivity index (χ3v) is 3.19. The van der Waals surface area contributed by atoms with Crippen LogP contribution in [0.3, 0.4) is 0 Å².